The first kappa shape index (κ1) is 21.5. The van der Waals surface area contributed by atoms with E-state index in [0.717, 1.165) is 19.4 Å². The zero-order valence-corrected chi connectivity index (χ0v) is 17.1. The molecule has 0 bridgehead atoms. The summed E-state index contributed by atoms with van der Waals surface area (Å²) in [5.41, 5.74) is 0. The van der Waals surface area contributed by atoms with Crippen molar-refractivity contribution in [3.8, 4) is 5.75 Å². The number of hydrogen-bond acceptors (Lipinski definition) is 7. The summed E-state index contributed by atoms with van der Waals surface area (Å²) in [7, 11) is -1.97. The van der Waals surface area contributed by atoms with Crippen molar-refractivity contribution >= 4 is 10.0 Å². The van der Waals surface area contributed by atoms with Gasteiger partial charge >= 0.3 is 0 Å². The van der Waals surface area contributed by atoms with Crippen LogP contribution in [-0.4, -0.2) is 94.6 Å². The number of β-amino-alcohol motifs (C(OH)–C–C–N with tert-alkyl or cyclic N) is 1. The zero-order chi connectivity index (χ0) is 20.0. The fraction of sp³-hybridized carbons (Fsp3) is 0.684. The van der Waals surface area contributed by atoms with Crippen molar-refractivity contribution in [1.82, 2.24) is 9.21 Å². The number of rotatable bonds is 9. The Bertz CT molecular complexity index is 698. The smallest absolute Gasteiger partial charge is 0.243 e. The van der Waals surface area contributed by atoms with Gasteiger partial charge in [-0.3, -0.25) is 4.90 Å². The standard InChI is InChI=1S/C19H30N2O6S/c1-25-17-4-6-19(7-5-17)28(23,24)21-10-8-20(9-11-21)13-16(22)14-26-15-18-3-2-12-27-18/h4-7,16,18,22H,2-3,8-15H2,1H3/t16-,18-/m0/s1. The highest BCUT2D eigenvalue weighted by Gasteiger charge is 2.29. The summed E-state index contributed by atoms with van der Waals surface area (Å²) in [5, 5.41) is 10.2. The molecular weight excluding hydrogens is 384 g/mol. The van der Waals surface area contributed by atoms with Crippen LogP contribution in [0.2, 0.25) is 0 Å². The number of aliphatic hydroxyl groups is 1. The number of benzene rings is 1. The van der Waals surface area contributed by atoms with E-state index in [2.05, 4.69) is 4.90 Å². The van der Waals surface area contributed by atoms with Gasteiger partial charge in [0.05, 0.1) is 37.4 Å². The van der Waals surface area contributed by atoms with E-state index in [1.54, 1.807) is 31.4 Å². The molecular formula is C19H30N2O6S. The Labute approximate surface area is 167 Å². The van der Waals surface area contributed by atoms with E-state index in [0.29, 0.717) is 45.1 Å². The fourth-order valence-corrected chi connectivity index (χ4v) is 4.93. The number of piperazine rings is 1. The summed E-state index contributed by atoms with van der Waals surface area (Å²) in [6.45, 7) is 4.02. The van der Waals surface area contributed by atoms with Crippen LogP contribution in [0.25, 0.3) is 0 Å². The van der Waals surface area contributed by atoms with Crippen LogP contribution in [0.1, 0.15) is 12.8 Å². The van der Waals surface area contributed by atoms with Gasteiger partial charge in [0.2, 0.25) is 10.0 Å². The zero-order valence-electron chi connectivity index (χ0n) is 16.3. The Morgan fingerprint density at radius 2 is 1.93 bits per heavy atom. The maximum Gasteiger partial charge on any atom is 0.243 e. The van der Waals surface area contributed by atoms with Gasteiger partial charge < -0.3 is 19.3 Å². The van der Waals surface area contributed by atoms with Gasteiger partial charge in [-0.15, -0.1) is 0 Å². The van der Waals surface area contributed by atoms with Crippen LogP contribution < -0.4 is 4.74 Å². The third-order valence-corrected chi connectivity index (χ3v) is 7.05. The largest absolute Gasteiger partial charge is 0.497 e. The minimum absolute atomic E-state index is 0.152. The van der Waals surface area contributed by atoms with Crippen molar-refractivity contribution in [2.24, 2.45) is 0 Å². The summed E-state index contributed by atoms with van der Waals surface area (Å²) in [4.78, 5) is 2.34. The van der Waals surface area contributed by atoms with Crippen molar-refractivity contribution < 1.29 is 27.7 Å². The summed E-state index contributed by atoms with van der Waals surface area (Å²) in [5.74, 6) is 0.625. The molecule has 0 amide bonds. The maximum atomic E-state index is 12.8. The molecule has 0 aromatic heterocycles. The van der Waals surface area contributed by atoms with Crippen LogP contribution >= 0.6 is 0 Å². The molecule has 8 nitrogen and oxygen atoms in total. The minimum Gasteiger partial charge on any atom is -0.497 e. The minimum atomic E-state index is -3.51. The number of aliphatic hydroxyl groups excluding tert-OH is 1. The van der Waals surface area contributed by atoms with E-state index in [4.69, 9.17) is 14.2 Å². The molecule has 0 unspecified atom stereocenters. The summed E-state index contributed by atoms with van der Waals surface area (Å²) >= 11 is 0. The lowest BCUT2D eigenvalue weighted by atomic mass is 10.2. The first-order valence-corrected chi connectivity index (χ1v) is 11.2. The maximum absolute atomic E-state index is 12.8. The molecule has 158 valence electrons. The molecule has 9 heteroatoms. The molecule has 1 aromatic rings. The topological polar surface area (TPSA) is 88.5 Å². The lowest BCUT2D eigenvalue weighted by Gasteiger charge is -2.34. The monoisotopic (exact) mass is 414 g/mol. The Morgan fingerprint density at radius 3 is 2.54 bits per heavy atom. The molecule has 2 aliphatic heterocycles. The average Bonchev–Trinajstić information content (AvgIpc) is 3.22. The molecule has 1 N–H and O–H groups in total. The predicted octanol–water partition coefficient (Wildman–Crippen LogP) is 0.558. The molecule has 1 aromatic carbocycles. The normalized spacial score (nSPS) is 23.0. The van der Waals surface area contributed by atoms with Gasteiger partial charge in [0, 0.05) is 39.3 Å². The molecule has 0 saturated carbocycles. The van der Waals surface area contributed by atoms with Gasteiger partial charge in [-0.1, -0.05) is 0 Å². The van der Waals surface area contributed by atoms with E-state index < -0.39 is 16.1 Å². The molecule has 2 saturated heterocycles. The molecule has 3 rings (SSSR count). The lowest BCUT2D eigenvalue weighted by Crippen LogP contribution is -2.50. The van der Waals surface area contributed by atoms with E-state index in [9.17, 15) is 13.5 Å². The number of sulfonamides is 1. The van der Waals surface area contributed by atoms with Crippen LogP contribution in [0, 0.1) is 0 Å². The third-order valence-electron chi connectivity index (χ3n) is 5.14. The van der Waals surface area contributed by atoms with Crippen LogP contribution in [0.15, 0.2) is 29.2 Å². The van der Waals surface area contributed by atoms with Gasteiger partial charge in [0.1, 0.15) is 5.75 Å². The molecule has 0 aliphatic carbocycles. The lowest BCUT2D eigenvalue weighted by molar-refractivity contribution is -0.0270. The van der Waals surface area contributed by atoms with Gasteiger partial charge in [-0.05, 0) is 37.1 Å². The molecule has 2 atom stereocenters. The van der Waals surface area contributed by atoms with Gasteiger partial charge in [0.25, 0.3) is 0 Å². The van der Waals surface area contributed by atoms with Crippen LogP contribution in [-0.2, 0) is 19.5 Å². The number of methoxy groups -OCH3 is 1. The van der Waals surface area contributed by atoms with Gasteiger partial charge in [-0.2, -0.15) is 4.31 Å². The molecule has 2 fully saturated rings. The highest BCUT2D eigenvalue weighted by Crippen LogP contribution is 2.20. The third kappa shape index (κ3) is 5.65. The van der Waals surface area contributed by atoms with E-state index >= 15 is 0 Å². The number of nitrogens with zero attached hydrogens (tertiary/aromatic N) is 2. The first-order valence-electron chi connectivity index (χ1n) is 9.73. The summed E-state index contributed by atoms with van der Waals surface area (Å²) in [6.07, 6.45) is 1.64. The fourth-order valence-electron chi connectivity index (χ4n) is 3.51. The highest BCUT2D eigenvalue weighted by molar-refractivity contribution is 7.89. The van der Waals surface area contributed by atoms with E-state index in [-0.39, 0.29) is 17.6 Å². The Hall–Kier alpha value is -1.23. The van der Waals surface area contributed by atoms with Crippen molar-refractivity contribution in [1.29, 1.82) is 0 Å². The van der Waals surface area contributed by atoms with Gasteiger partial charge in [-0.25, -0.2) is 8.42 Å². The van der Waals surface area contributed by atoms with Crippen LogP contribution in [0.4, 0.5) is 0 Å². The molecule has 0 spiro atoms. The van der Waals surface area contributed by atoms with Crippen molar-refractivity contribution in [2.45, 2.75) is 29.9 Å². The van der Waals surface area contributed by atoms with Gasteiger partial charge in [0.15, 0.2) is 0 Å². The summed E-state index contributed by atoms with van der Waals surface area (Å²) < 4.78 is 43.2. The second-order valence-electron chi connectivity index (χ2n) is 7.21. The average molecular weight is 415 g/mol. The van der Waals surface area contributed by atoms with Crippen molar-refractivity contribution in [2.75, 3.05) is 59.7 Å². The predicted molar refractivity (Wildman–Crippen MR) is 104 cm³/mol. The van der Waals surface area contributed by atoms with E-state index in [1.165, 1.54) is 4.31 Å². The Kier molecular flexibility index (Phi) is 7.67. The SMILES string of the molecule is COc1ccc(S(=O)(=O)N2CCN(C[C@H](O)COC[C@@H]3CCCO3)CC2)cc1. The van der Waals surface area contributed by atoms with Crippen molar-refractivity contribution in [3.05, 3.63) is 24.3 Å². The Morgan fingerprint density at radius 1 is 1.21 bits per heavy atom. The highest BCUT2D eigenvalue weighted by atomic mass is 32.2. The number of ether oxygens (including phenoxy) is 3. The van der Waals surface area contributed by atoms with Crippen LogP contribution in [0.3, 0.4) is 0 Å². The second kappa shape index (κ2) is 10.00. The molecule has 2 heterocycles. The van der Waals surface area contributed by atoms with E-state index in [1.807, 2.05) is 0 Å². The first-order chi connectivity index (χ1) is 13.5. The summed E-state index contributed by atoms with van der Waals surface area (Å²) in [6, 6.07) is 6.43. The van der Waals surface area contributed by atoms with Crippen molar-refractivity contribution in [3.63, 3.8) is 0 Å². The van der Waals surface area contributed by atoms with Crippen LogP contribution in [0.5, 0.6) is 5.75 Å². The quantitative estimate of drug-likeness (QED) is 0.632. The molecule has 0 radical (unpaired) electrons. The second-order valence-corrected chi connectivity index (χ2v) is 9.14. The Balaban J connectivity index is 1.41. The molecule has 2 aliphatic rings. The number of hydrogen-bond donors (Lipinski definition) is 1. The molecule has 28 heavy (non-hydrogen) atoms.